The molecule has 6 heteroatoms. The highest BCUT2D eigenvalue weighted by Gasteiger charge is 2.10. The number of anilines is 2. The molecule has 0 aliphatic carbocycles. The van der Waals surface area contributed by atoms with Gasteiger partial charge < -0.3 is 14.8 Å². The number of nitrogens with one attached hydrogen (secondary N) is 1. The lowest BCUT2D eigenvalue weighted by Gasteiger charge is -2.16. The predicted molar refractivity (Wildman–Crippen MR) is 86.2 cm³/mol. The number of rotatable bonds is 7. The Hall–Kier alpha value is -2.08. The molecular weight excluding hydrogens is 284 g/mol. The van der Waals surface area contributed by atoms with Crippen LogP contribution >= 0.6 is 0 Å². The summed E-state index contributed by atoms with van der Waals surface area (Å²) in [5, 5.41) is 2.79. The van der Waals surface area contributed by atoms with E-state index in [1.165, 1.54) is 12.0 Å². The van der Waals surface area contributed by atoms with Crippen molar-refractivity contribution in [2.75, 3.05) is 37.6 Å². The molecule has 0 atom stereocenters. The van der Waals surface area contributed by atoms with Gasteiger partial charge in [-0.3, -0.25) is 9.69 Å². The van der Waals surface area contributed by atoms with Crippen molar-refractivity contribution in [3.63, 3.8) is 0 Å². The average molecular weight is 308 g/mol. The van der Waals surface area contributed by atoms with Crippen molar-refractivity contribution in [3.05, 3.63) is 24.3 Å². The lowest BCUT2D eigenvalue weighted by Crippen LogP contribution is -2.25. The van der Waals surface area contributed by atoms with Crippen molar-refractivity contribution in [1.29, 1.82) is 0 Å². The molecular formula is C16H24N2O4. The molecule has 22 heavy (non-hydrogen) atoms. The quantitative estimate of drug-likeness (QED) is 0.786. The van der Waals surface area contributed by atoms with Crippen LogP contribution in [0.2, 0.25) is 0 Å². The average Bonchev–Trinajstić information content (AvgIpc) is 2.50. The van der Waals surface area contributed by atoms with E-state index in [-0.39, 0.29) is 5.91 Å². The van der Waals surface area contributed by atoms with E-state index in [4.69, 9.17) is 4.74 Å². The third-order valence-electron chi connectivity index (χ3n) is 2.91. The van der Waals surface area contributed by atoms with Gasteiger partial charge in [0.1, 0.15) is 0 Å². The van der Waals surface area contributed by atoms with Crippen molar-refractivity contribution in [1.82, 2.24) is 0 Å². The molecule has 1 aromatic carbocycles. The van der Waals surface area contributed by atoms with E-state index in [0.717, 1.165) is 0 Å². The van der Waals surface area contributed by atoms with Crippen LogP contribution in [-0.4, -0.2) is 39.4 Å². The fourth-order valence-electron chi connectivity index (χ4n) is 1.72. The van der Waals surface area contributed by atoms with Gasteiger partial charge in [-0.25, -0.2) is 4.79 Å². The number of methoxy groups -OCH3 is 1. The van der Waals surface area contributed by atoms with E-state index in [2.05, 4.69) is 23.9 Å². The Morgan fingerprint density at radius 3 is 2.41 bits per heavy atom. The first-order valence-corrected chi connectivity index (χ1v) is 7.23. The van der Waals surface area contributed by atoms with Crippen LogP contribution < -0.4 is 10.2 Å². The standard InChI is InChI=1S/C16H24N2O4/c1-12(2)11-22-10-9-15(19)17-13-5-7-14(8-6-13)18(3)16(20)21-4/h5-8,12H,9-11H2,1-4H3,(H,17,19). The zero-order valence-corrected chi connectivity index (χ0v) is 13.6. The molecule has 1 aromatic rings. The number of carbonyl (C=O) groups is 2. The Bertz CT molecular complexity index is 485. The lowest BCUT2D eigenvalue weighted by molar-refractivity contribution is -0.117. The zero-order chi connectivity index (χ0) is 16.5. The first-order chi connectivity index (χ1) is 10.4. The van der Waals surface area contributed by atoms with Gasteiger partial charge in [-0.2, -0.15) is 0 Å². The third-order valence-corrected chi connectivity index (χ3v) is 2.91. The Morgan fingerprint density at radius 1 is 1.23 bits per heavy atom. The normalized spacial score (nSPS) is 10.4. The second kappa shape index (κ2) is 9.04. The topological polar surface area (TPSA) is 67.9 Å². The molecule has 0 bridgehead atoms. The van der Waals surface area contributed by atoms with Gasteiger partial charge in [0.25, 0.3) is 0 Å². The SMILES string of the molecule is COC(=O)N(C)c1ccc(NC(=O)CCOCC(C)C)cc1. The molecule has 2 amide bonds. The smallest absolute Gasteiger partial charge is 0.413 e. The minimum absolute atomic E-state index is 0.0992. The molecule has 0 unspecified atom stereocenters. The molecule has 122 valence electrons. The summed E-state index contributed by atoms with van der Waals surface area (Å²) in [5.74, 6) is 0.361. The summed E-state index contributed by atoms with van der Waals surface area (Å²) in [7, 11) is 2.94. The van der Waals surface area contributed by atoms with Gasteiger partial charge in [-0.05, 0) is 30.2 Å². The fourth-order valence-corrected chi connectivity index (χ4v) is 1.72. The minimum atomic E-state index is -0.445. The molecule has 0 fully saturated rings. The highest BCUT2D eigenvalue weighted by atomic mass is 16.5. The molecule has 6 nitrogen and oxygen atoms in total. The largest absolute Gasteiger partial charge is 0.452 e. The molecule has 0 saturated carbocycles. The van der Waals surface area contributed by atoms with Crippen molar-refractivity contribution in [2.45, 2.75) is 20.3 Å². The van der Waals surface area contributed by atoms with Gasteiger partial charge in [0.05, 0.1) is 20.1 Å². The molecule has 0 saturated heterocycles. The molecule has 0 radical (unpaired) electrons. The van der Waals surface area contributed by atoms with E-state index in [0.29, 0.717) is 36.9 Å². The Labute approximate surface area is 131 Å². The molecule has 0 spiro atoms. The van der Waals surface area contributed by atoms with Gasteiger partial charge in [0.2, 0.25) is 5.91 Å². The van der Waals surface area contributed by atoms with Crippen molar-refractivity contribution in [2.24, 2.45) is 5.92 Å². The molecule has 0 aliphatic heterocycles. The summed E-state index contributed by atoms with van der Waals surface area (Å²) in [4.78, 5) is 24.5. The number of amides is 2. The van der Waals surface area contributed by atoms with Crippen LogP contribution in [0.5, 0.6) is 0 Å². The number of benzene rings is 1. The number of carbonyl (C=O) groups excluding carboxylic acids is 2. The van der Waals surface area contributed by atoms with Crippen molar-refractivity contribution in [3.8, 4) is 0 Å². The molecule has 0 heterocycles. The second-order valence-corrected chi connectivity index (χ2v) is 5.34. The van der Waals surface area contributed by atoms with Crippen LogP contribution in [0.1, 0.15) is 20.3 Å². The van der Waals surface area contributed by atoms with Crippen molar-refractivity contribution < 1.29 is 19.1 Å². The van der Waals surface area contributed by atoms with Gasteiger partial charge >= 0.3 is 6.09 Å². The summed E-state index contributed by atoms with van der Waals surface area (Å²) < 4.78 is 10.0. The summed E-state index contributed by atoms with van der Waals surface area (Å²) in [6, 6.07) is 6.95. The second-order valence-electron chi connectivity index (χ2n) is 5.34. The van der Waals surface area contributed by atoms with E-state index >= 15 is 0 Å². The third kappa shape index (κ3) is 6.13. The molecule has 0 aromatic heterocycles. The highest BCUT2D eigenvalue weighted by Crippen LogP contribution is 2.17. The maximum Gasteiger partial charge on any atom is 0.413 e. The van der Waals surface area contributed by atoms with Gasteiger partial charge in [0, 0.05) is 25.0 Å². The van der Waals surface area contributed by atoms with Crippen molar-refractivity contribution >= 4 is 23.4 Å². The van der Waals surface area contributed by atoms with Crippen LogP contribution in [0.3, 0.4) is 0 Å². The maximum absolute atomic E-state index is 11.8. The van der Waals surface area contributed by atoms with E-state index in [9.17, 15) is 9.59 Å². The number of hydrogen-bond donors (Lipinski definition) is 1. The zero-order valence-electron chi connectivity index (χ0n) is 13.6. The van der Waals surface area contributed by atoms with E-state index in [1.54, 1.807) is 31.3 Å². The lowest BCUT2D eigenvalue weighted by atomic mass is 10.2. The van der Waals surface area contributed by atoms with Gasteiger partial charge in [-0.15, -0.1) is 0 Å². The number of ether oxygens (including phenoxy) is 2. The number of nitrogens with zero attached hydrogens (tertiary/aromatic N) is 1. The van der Waals surface area contributed by atoms with Crippen LogP contribution in [0, 0.1) is 5.92 Å². The first kappa shape index (κ1) is 18.0. The predicted octanol–water partition coefficient (Wildman–Crippen LogP) is 2.89. The Kier molecular flexibility index (Phi) is 7.39. The Balaban J connectivity index is 2.43. The van der Waals surface area contributed by atoms with E-state index in [1.807, 2.05) is 0 Å². The molecule has 1 rings (SSSR count). The van der Waals surface area contributed by atoms with E-state index < -0.39 is 6.09 Å². The maximum atomic E-state index is 11.8. The fraction of sp³-hybridized carbons (Fsp3) is 0.500. The van der Waals surface area contributed by atoms with Gasteiger partial charge in [0.15, 0.2) is 0 Å². The minimum Gasteiger partial charge on any atom is -0.452 e. The molecule has 0 aliphatic rings. The summed E-state index contributed by atoms with van der Waals surface area (Å²) in [6.45, 7) is 5.19. The van der Waals surface area contributed by atoms with Crippen LogP contribution in [0.4, 0.5) is 16.2 Å². The molecule has 1 N–H and O–H groups in total. The monoisotopic (exact) mass is 308 g/mol. The highest BCUT2D eigenvalue weighted by molar-refractivity contribution is 5.91. The Morgan fingerprint density at radius 2 is 1.86 bits per heavy atom. The summed E-state index contributed by atoms with van der Waals surface area (Å²) in [6.07, 6.45) is -0.129. The summed E-state index contributed by atoms with van der Waals surface area (Å²) in [5.41, 5.74) is 1.36. The first-order valence-electron chi connectivity index (χ1n) is 7.23. The summed E-state index contributed by atoms with van der Waals surface area (Å²) >= 11 is 0. The van der Waals surface area contributed by atoms with Crippen LogP contribution in [0.25, 0.3) is 0 Å². The van der Waals surface area contributed by atoms with Crippen LogP contribution in [0.15, 0.2) is 24.3 Å². The van der Waals surface area contributed by atoms with Gasteiger partial charge in [-0.1, -0.05) is 13.8 Å². The number of hydrogen-bond acceptors (Lipinski definition) is 4. The van der Waals surface area contributed by atoms with Crippen LogP contribution in [-0.2, 0) is 14.3 Å².